The summed E-state index contributed by atoms with van der Waals surface area (Å²) in [7, 11) is 1.88. The van der Waals surface area contributed by atoms with Crippen LogP contribution in [0.3, 0.4) is 0 Å². The van der Waals surface area contributed by atoms with Gasteiger partial charge in [0, 0.05) is 29.9 Å². The number of likely N-dealkylation sites (N-methyl/N-ethyl adjacent to an activating group) is 1. The first-order valence-electron chi connectivity index (χ1n) is 10.5. The second-order valence-corrected chi connectivity index (χ2v) is 8.65. The fourth-order valence-corrected chi connectivity index (χ4v) is 4.12. The van der Waals surface area contributed by atoms with Crippen molar-refractivity contribution in [2.75, 3.05) is 25.1 Å². The van der Waals surface area contributed by atoms with Crippen molar-refractivity contribution in [1.82, 2.24) is 14.8 Å². The van der Waals surface area contributed by atoms with Crippen LogP contribution < -0.4 is 9.64 Å². The van der Waals surface area contributed by atoms with Gasteiger partial charge in [-0.2, -0.15) is 18.3 Å². The maximum Gasteiger partial charge on any atom is 0.416 e. The van der Waals surface area contributed by atoms with Crippen molar-refractivity contribution >= 4 is 23.0 Å². The number of para-hydroxylation sites is 1. The number of halogens is 3. The number of hydrogen-bond donors (Lipinski definition) is 1. The first kappa shape index (κ1) is 24.3. The molecule has 2 heterocycles. The lowest BCUT2D eigenvalue weighted by molar-refractivity contribution is -0.137. The molecule has 0 unspecified atom stereocenters. The molecule has 7 nitrogen and oxygen atoms in total. The summed E-state index contributed by atoms with van der Waals surface area (Å²) >= 11 is 1.25. The van der Waals surface area contributed by atoms with Gasteiger partial charge in [-0.3, -0.25) is 4.68 Å². The van der Waals surface area contributed by atoms with Gasteiger partial charge in [-0.25, -0.2) is 9.78 Å². The Hall–Kier alpha value is -3.86. The number of hydrogen-bond acceptors (Lipinski definition) is 6. The predicted molar refractivity (Wildman–Crippen MR) is 126 cm³/mol. The third-order valence-electron chi connectivity index (χ3n) is 5.15. The minimum absolute atomic E-state index is 0.0411. The average molecular weight is 503 g/mol. The van der Waals surface area contributed by atoms with Crippen molar-refractivity contribution in [3.8, 4) is 17.0 Å². The summed E-state index contributed by atoms with van der Waals surface area (Å²) in [5.74, 6) is -0.994. The fraction of sp³-hybridized carbons (Fsp3) is 0.208. The zero-order valence-electron chi connectivity index (χ0n) is 18.6. The molecule has 182 valence electrons. The van der Waals surface area contributed by atoms with Crippen LogP contribution in [0.4, 0.5) is 18.9 Å². The first-order chi connectivity index (χ1) is 16.7. The third-order valence-corrected chi connectivity index (χ3v) is 5.98. The summed E-state index contributed by atoms with van der Waals surface area (Å²) in [6, 6.07) is 13.2. The Morgan fingerprint density at radius 1 is 1.20 bits per heavy atom. The van der Waals surface area contributed by atoms with Crippen LogP contribution in [0, 0.1) is 0 Å². The van der Waals surface area contributed by atoms with Gasteiger partial charge in [-0.1, -0.05) is 18.2 Å². The van der Waals surface area contributed by atoms with Crippen molar-refractivity contribution in [1.29, 1.82) is 0 Å². The summed E-state index contributed by atoms with van der Waals surface area (Å²) in [4.78, 5) is 17.4. The summed E-state index contributed by atoms with van der Waals surface area (Å²) in [6.45, 7) is 0.879. The van der Waals surface area contributed by atoms with E-state index in [4.69, 9.17) is 9.84 Å². The topological polar surface area (TPSA) is 80.5 Å². The van der Waals surface area contributed by atoms with Gasteiger partial charge < -0.3 is 14.7 Å². The molecule has 0 aliphatic heterocycles. The van der Waals surface area contributed by atoms with Crippen LogP contribution in [0.1, 0.15) is 20.9 Å². The third kappa shape index (κ3) is 6.18. The number of aromatic nitrogens is 3. The lowest BCUT2D eigenvalue weighted by atomic mass is 10.1. The highest BCUT2D eigenvalue weighted by Crippen LogP contribution is 2.36. The second kappa shape index (κ2) is 10.2. The Balaban J connectivity index is 1.50. The number of nitrogens with zero attached hydrogens (tertiary/aromatic N) is 4. The van der Waals surface area contributed by atoms with Gasteiger partial charge in [0.1, 0.15) is 17.4 Å². The van der Waals surface area contributed by atoms with Gasteiger partial charge in [0.2, 0.25) is 0 Å². The molecule has 2 aromatic carbocycles. The number of carbonyl (C=O) groups is 1. The first-order valence-corrected chi connectivity index (χ1v) is 11.4. The van der Waals surface area contributed by atoms with Gasteiger partial charge in [0.15, 0.2) is 0 Å². The van der Waals surface area contributed by atoms with E-state index in [1.165, 1.54) is 34.5 Å². The van der Waals surface area contributed by atoms with Crippen LogP contribution in [-0.4, -0.2) is 46.0 Å². The molecule has 0 atom stereocenters. The summed E-state index contributed by atoms with van der Waals surface area (Å²) in [5.41, 5.74) is 0.838. The summed E-state index contributed by atoms with van der Waals surface area (Å²) in [5, 5.41) is 15.2. The molecule has 1 N–H and O–H groups in total. The Bertz CT molecular complexity index is 1300. The van der Waals surface area contributed by atoms with Crippen molar-refractivity contribution in [3.63, 3.8) is 0 Å². The molecule has 0 spiro atoms. The Morgan fingerprint density at radius 3 is 2.66 bits per heavy atom. The van der Waals surface area contributed by atoms with E-state index in [9.17, 15) is 18.0 Å². The molecule has 0 saturated carbocycles. The normalized spacial score (nSPS) is 11.4. The van der Waals surface area contributed by atoms with E-state index in [2.05, 4.69) is 10.1 Å². The Morgan fingerprint density at radius 2 is 1.97 bits per heavy atom. The zero-order valence-corrected chi connectivity index (χ0v) is 19.4. The average Bonchev–Trinajstić information content (AvgIpc) is 3.49. The molecule has 11 heteroatoms. The molecule has 35 heavy (non-hydrogen) atoms. The summed E-state index contributed by atoms with van der Waals surface area (Å²) < 4.78 is 47.8. The molecule has 0 amide bonds. The quantitative estimate of drug-likeness (QED) is 0.335. The fourth-order valence-electron chi connectivity index (χ4n) is 3.32. The zero-order chi connectivity index (χ0) is 25.0. The van der Waals surface area contributed by atoms with Gasteiger partial charge in [-0.15, -0.1) is 11.3 Å². The van der Waals surface area contributed by atoms with E-state index >= 15 is 0 Å². The van der Waals surface area contributed by atoms with Gasteiger partial charge in [0.25, 0.3) is 0 Å². The van der Waals surface area contributed by atoms with Crippen molar-refractivity contribution < 1.29 is 27.8 Å². The lowest BCUT2D eigenvalue weighted by Crippen LogP contribution is -2.23. The molecular weight excluding hydrogens is 481 g/mol. The number of ether oxygens (including phenoxy) is 1. The predicted octanol–water partition coefficient (Wildman–Crippen LogP) is 5.29. The van der Waals surface area contributed by atoms with E-state index < -0.39 is 17.7 Å². The minimum Gasteiger partial charge on any atom is -0.492 e. The van der Waals surface area contributed by atoms with Crippen LogP contribution >= 0.6 is 11.3 Å². The number of alkyl halides is 3. The largest absolute Gasteiger partial charge is 0.492 e. The lowest BCUT2D eigenvalue weighted by Gasteiger charge is -2.20. The van der Waals surface area contributed by atoms with Crippen LogP contribution in [-0.2, 0) is 12.7 Å². The monoisotopic (exact) mass is 502 g/mol. The van der Waals surface area contributed by atoms with Crippen molar-refractivity contribution in [2.45, 2.75) is 12.7 Å². The number of carboxylic acid groups (broad SMARTS) is 1. The number of benzene rings is 2. The number of aromatic carboxylic acids is 1. The van der Waals surface area contributed by atoms with Crippen LogP contribution in [0.2, 0.25) is 0 Å². The van der Waals surface area contributed by atoms with E-state index in [-0.39, 0.29) is 30.0 Å². The molecule has 0 radical (unpaired) electrons. The highest BCUT2D eigenvalue weighted by atomic mass is 32.1. The highest BCUT2D eigenvalue weighted by Gasteiger charge is 2.32. The Labute approximate surface area is 203 Å². The van der Waals surface area contributed by atoms with E-state index in [0.717, 1.165) is 17.8 Å². The van der Waals surface area contributed by atoms with Crippen molar-refractivity contribution in [2.24, 2.45) is 0 Å². The van der Waals surface area contributed by atoms with E-state index in [0.29, 0.717) is 17.2 Å². The van der Waals surface area contributed by atoms with E-state index in [1.807, 2.05) is 42.3 Å². The standard InChI is InChI=1S/C24H21F3N4O3S/c1-30(19-5-3-2-4-6-19)7-8-34-20-10-16(9-18(11-20)24(25,26)27)21-15-35-22(29-21)14-31-13-17(12-28-31)23(32)33/h2-6,9-13,15H,7-8,14H2,1H3,(H,32,33). The molecule has 0 bridgehead atoms. The number of thiazole rings is 1. The highest BCUT2D eigenvalue weighted by molar-refractivity contribution is 7.09. The number of anilines is 1. The molecule has 4 aromatic rings. The maximum atomic E-state index is 13.6. The smallest absolute Gasteiger partial charge is 0.416 e. The Kier molecular flexibility index (Phi) is 7.06. The molecular formula is C24H21F3N4O3S. The maximum absolute atomic E-state index is 13.6. The number of carboxylic acids is 1. The van der Waals surface area contributed by atoms with Crippen LogP contribution in [0.5, 0.6) is 5.75 Å². The van der Waals surface area contributed by atoms with Gasteiger partial charge in [-0.05, 0) is 30.3 Å². The molecule has 0 aliphatic carbocycles. The van der Waals surface area contributed by atoms with Crippen LogP contribution in [0.25, 0.3) is 11.3 Å². The SMILES string of the molecule is CN(CCOc1cc(-c2csc(Cn3cc(C(=O)O)cn3)n2)cc(C(F)(F)F)c1)c1ccccc1. The molecule has 0 fully saturated rings. The molecule has 0 saturated heterocycles. The van der Waals surface area contributed by atoms with Gasteiger partial charge in [0.05, 0.1) is 36.1 Å². The molecule has 4 rings (SSSR count). The molecule has 0 aliphatic rings. The summed E-state index contributed by atoms with van der Waals surface area (Å²) in [6.07, 6.45) is -1.95. The number of rotatable bonds is 9. The minimum atomic E-state index is -4.55. The van der Waals surface area contributed by atoms with Crippen LogP contribution in [0.15, 0.2) is 66.3 Å². The second-order valence-electron chi connectivity index (χ2n) is 7.71. The van der Waals surface area contributed by atoms with Crippen molar-refractivity contribution in [3.05, 3.63) is 82.4 Å². The molecule has 2 aromatic heterocycles. The van der Waals surface area contributed by atoms with Gasteiger partial charge >= 0.3 is 12.1 Å². The van der Waals surface area contributed by atoms with E-state index in [1.54, 1.807) is 5.38 Å².